The molecule has 4 nitrogen and oxygen atoms in total. The first kappa shape index (κ1) is 17.6. The van der Waals surface area contributed by atoms with Gasteiger partial charge in [-0.25, -0.2) is 4.98 Å². The number of hydrogen-bond acceptors (Lipinski definition) is 4. The van der Waals surface area contributed by atoms with Crippen LogP contribution in [0.4, 0.5) is 5.69 Å². The number of rotatable bonds is 5. The Morgan fingerprint density at radius 2 is 2.24 bits per heavy atom. The molecule has 0 saturated heterocycles. The molecule has 21 heavy (non-hydrogen) atoms. The van der Waals surface area contributed by atoms with Crippen LogP contribution in [0.1, 0.15) is 24.8 Å². The van der Waals surface area contributed by atoms with Gasteiger partial charge in [-0.2, -0.15) is 0 Å². The van der Waals surface area contributed by atoms with Gasteiger partial charge in [-0.15, -0.1) is 23.7 Å². The Hall–Kier alpha value is -1.43. The van der Waals surface area contributed by atoms with E-state index in [2.05, 4.69) is 10.3 Å². The lowest BCUT2D eigenvalue weighted by molar-refractivity contribution is -0.116. The zero-order chi connectivity index (χ0) is 14.5. The number of halogens is 1. The molecule has 1 unspecified atom stereocenters. The summed E-state index contributed by atoms with van der Waals surface area (Å²) in [7, 11) is 0. The standard InChI is InChI=1S/C15H19N3OS.ClH/c1-10(16)6-7-15(19)18-13-5-3-4-12(8-13)14-9-20-11(2)17-14;/h3-5,8-10H,6-7,16H2,1-2H3,(H,18,19);1H. The number of anilines is 1. The number of carbonyl (C=O) groups excluding carboxylic acids is 1. The molecule has 0 aliphatic carbocycles. The van der Waals surface area contributed by atoms with Gasteiger partial charge in [0.1, 0.15) is 0 Å². The van der Waals surface area contributed by atoms with Crippen molar-refractivity contribution in [1.82, 2.24) is 4.98 Å². The maximum absolute atomic E-state index is 11.8. The summed E-state index contributed by atoms with van der Waals surface area (Å²) in [6, 6.07) is 7.78. The lowest BCUT2D eigenvalue weighted by Crippen LogP contribution is -2.19. The average Bonchev–Trinajstić information content (AvgIpc) is 2.83. The van der Waals surface area contributed by atoms with Crippen molar-refractivity contribution < 1.29 is 4.79 Å². The van der Waals surface area contributed by atoms with Gasteiger partial charge in [-0.05, 0) is 32.4 Å². The molecule has 2 rings (SSSR count). The number of nitrogens with zero attached hydrogens (tertiary/aromatic N) is 1. The fourth-order valence-electron chi connectivity index (χ4n) is 1.83. The lowest BCUT2D eigenvalue weighted by Gasteiger charge is -2.08. The van der Waals surface area contributed by atoms with Crippen LogP contribution >= 0.6 is 23.7 Å². The summed E-state index contributed by atoms with van der Waals surface area (Å²) in [4.78, 5) is 16.2. The number of aryl methyl sites for hydroxylation is 1. The van der Waals surface area contributed by atoms with Crippen molar-refractivity contribution >= 4 is 35.3 Å². The molecule has 1 aromatic carbocycles. The fourth-order valence-corrected chi connectivity index (χ4v) is 2.46. The Labute approximate surface area is 135 Å². The van der Waals surface area contributed by atoms with Crippen molar-refractivity contribution in [3.63, 3.8) is 0 Å². The third-order valence-corrected chi connectivity index (χ3v) is 3.66. The molecular weight excluding hydrogens is 306 g/mol. The predicted octanol–water partition coefficient (Wildman–Crippen LogP) is 3.61. The van der Waals surface area contributed by atoms with Gasteiger partial charge in [-0.1, -0.05) is 12.1 Å². The third-order valence-electron chi connectivity index (χ3n) is 2.89. The highest BCUT2D eigenvalue weighted by molar-refractivity contribution is 7.09. The quantitative estimate of drug-likeness (QED) is 0.882. The van der Waals surface area contributed by atoms with Gasteiger partial charge in [0.2, 0.25) is 5.91 Å². The normalized spacial score (nSPS) is 11.6. The highest BCUT2D eigenvalue weighted by atomic mass is 35.5. The van der Waals surface area contributed by atoms with E-state index in [0.29, 0.717) is 12.8 Å². The number of benzene rings is 1. The Balaban J connectivity index is 0.00000220. The zero-order valence-electron chi connectivity index (χ0n) is 12.1. The van der Waals surface area contributed by atoms with E-state index in [-0.39, 0.29) is 24.4 Å². The molecule has 1 atom stereocenters. The van der Waals surface area contributed by atoms with Crippen molar-refractivity contribution in [2.24, 2.45) is 5.73 Å². The van der Waals surface area contributed by atoms with Crippen molar-refractivity contribution in [2.45, 2.75) is 32.7 Å². The van der Waals surface area contributed by atoms with Crippen LogP contribution in [-0.2, 0) is 4.79 Å². The van der Waals surface area contributed by atoms with Crippen LogP contribution in [0.25, 0.3) is 11.3 Å². The van der Waals surface area contributed by atoms with Crippen molar-refractivity contribution in [1.29, 1.82) is 0 Å². The second kappa shape index (κ2) is 8.12. The largest absolute Gasteiger partial charge is 0.328 e. The molecule has 0 bridgehead atoms. The van der Waals surface area contributed by atoms with Crippen LogP contribution in [0, 0.1) is 6.92 Å². The van der Waals surface area contributed by atoms with Crippen LogP contribution in [-0.4, -0.2) is 16.9 Å². The predicted molar refractivity (Wildman–Crippen MR) is 91.0 cm³/mol. The molecule has 0 saturated carbocycles. The van der Waals surface area contributed by atoms with E-state index in [0.717, 1.165) is 22.0 Å². The molecule has 1 heterocycles. The molecule has 0 spiro atoms. The zero-order valence-corrected chi connectivity index (χ0v) is 13.8. The topological polar surface area (TPSA) is 68.0 Å². The number of thiazole rings is 1. The van der Waals surface area contributed by atoms with Crippen LogP contribution in [0.5, 0.6) is 0 Å². The summed E-state index contributed by atoms with van der Waals surface area (Å²) in [5, 5.41) is 5.95. The van der Waals surface area contributed by atoms with Crippen LogP contribution < -0.4 is 11.1 Å². The van der Waals surface area contributed by atoms with E-state index in [1.807, 2.05) is 43.5 Å². The van der Waals surface area contributed by atoms with Gasteiger partial charge in [0, 0.05) is 29.1 Å². The highest BCUT2D eigenvalue weighted by Crippen LogP contribution is 2.24. The van der Waals surface area contributed by atoms with Gasteiger partial charge >= 0.3 is 0 Å². The van der Waals surface area contributed by atoms with E-state index in [1.54, 1.807) is 11.3 Å². The summed E-state index contributed by atoms with van der Waals surface area (Å²) >= 11 is 1.62. The third kappa shape index (κ3) is 5.46. The number of nitrogens with one attached hydrogen (secondary N) is 1. The smallest absolute Gasteiger partial charge is 0.224 e. The average molecular weight is 326 g/mol. The molecule has 0 radical (unpaired) electrons. The first-order valence-corrected chi connectivity index (χ1v) is 7.50. The van der Waals surface area contributed by atoms with E-state index < -0.39 is 0 Å². The molecule has 114 valence electrons. The number of carbonyl (C=O) groups is 1. The van der Waals surface area contributed by atoms with Crippen LogP contribution in [0.15, 0.2) is 29.6 Å². The highest BCUT2D eigenvalue weighted by Gasteiger charge is 2.06. The number of nitrogens with two attached hydrogens (primary N) is 1. The second-order valence-corrected chi connectivity index (χ2v) is 5.96. The van der Waals surface area contributed by atoms with Gasteiger partial charge in [0.15, 0.2) is 0 Å². The Morgan fingerprint density at radius 3 is 2.86 bits per heavy atom. The first-order chi connectivity index (χ1) is 9.54. The molecule has 3 N–H and O–H groups in total. The Morgan fingerprint density at radius 1 is 1.48 bits per heavy atom. The number of hydrogen-bond donors (Lipinski definition) is 2. The van der Waals surface area contributed by atoms with Gasteiger partial charge in [0.25, 0.3) is 0 Å². The molecule has 0 aliphatic heterocycles. The molecule has 1 aromatic heterocycles. The van der Waals surface area contributed by atoms with E-state index in [1.165, 1.54) is 0 Å². The van der Waals surface area contributed by atoms with Crippen molar-refractivity contribution in [2.75, 3.05) is 5.32 Å². The molecule has 2 aromatic rings. The molecule has 6 heteroatoms. The fraction of sp³-hybridized carbons (Fsp3) is 0.333. The minimum absolute atomic E-state index is 0. The van der Waals surface area contributed by atoms with E-state index in [9.17, 15) is 4.79 Å². The van der Waals surface area contributed by atoms with Crippen LogP contribution in [0.3, 0.4) is 0 Å². The Kier molecular flexibility index (Phi) is 6.81. The van der Waals surface area contributed by atoms with Crippen molar-refractivity contribution in [3.8, 4) is 11.3 Å². The van der Waals surface area contributed by atoms with Gasteiger partial charge in [-0.3, -0.25) is 4.79 Å². The first-order valence-electron chi connectivity index (χ1n) is 6.62. The summed E-state index contributed by atoms with van der Waals surface area (Å²) in [6.45, 7) is 3.88. The molecule has 0 fully saturated rings. The number of amides is 1. The van der Waals surface area contributed by atoms with Crippen molar-refractivity contribution in [3.05, 3.63) is 34.7 Å². The summed E-state index contributed by atoms with van der Waals surface area (Å²) in [5.41, 5.74) is 8.40. The van der Waals surface area contributed by atoms with Crippen LogP contribution in [0.2, 0.25) is 0 Å². The maximum Gasteiger partial charge on any atom is 0.224 e. The SMILES string of the molecule is Cc1nc(-c2cccc(NC(=O)CCC(C)N)c2)cs1.Cl. The maximum atomic E-state index is 11.8. The molecular formula is C15H20ClN3OS. The summed E-state index contributed by atoms with van der Waals surface area (Å²) < 4.78 is 0. The van der Waals surface area contributed by atoms with E-state index in [4.69, 9.17) is 5.73 Å². The second-order valence-electron chi connectivity index (χ2n) is 4.90. The van der Waals surface area contributed by atoms with E-state index >= 15 is 0 Å². The molecule has 0 aliphatic rings. The lowest BCUT2D eigenvalue weighted by atomic mass is 10.1. The Bertz CT molecular complexity index is 598. The number of aromatic nitrogens is 1. The monoisotopic (exact) mass is 325 g/mol. The van der Waals surface area contributed by atoms with Gasteiger partial charge in [0.05, 0.1) is 10.7 Å². The van der Waals surface area contributed by atoms with Gasteiger partial charge < -0.3 is 11.1 Å². The summed E-state index contributed by atoms with van der Waals surface area (Å²) in [6.07, 6.45) is 1.13. The minimum atomic E-state index is -0.00564. The molecule has 1 amide bonds. The minimum Gasteiger partial charge on any atom is -0.328 e. The summed E-state index contributed by atoms with van der Waals surface area (Å²) in [5.74, 6) is -0.00564.